The summed E-state index contributed by atoms with van der Waals surface area (Å²) in [7, 11) is 1.97. The lowest BCUT2D eigenvalue weighted by molar-refractivity contribution is 0.402. The normalized spacial score (nSPS) is 20.0. The molecular formula is C23H35FIN7. The van der Waals surface area contributed by atoms with Crippen molar-refractivity contribution in [2.24, 2.45) is 12.0 Å². The number of benzene rings is 1. The van der Waals surface area contributed by atoms with Crippen LogP contribution in [0.2, 0.25) is 0 Å². The molecule has 2 N–H and O–H groups in total. The zero-order valence-electron chi connectivity index (χ0n) is 19.1. The van der Waals surface area contributed by atoms with E-state index in [-0.39, 0.29) is 35.8 Å². The topological polar surface area (TPSA) is 70.4 Å². The first-order valence-electron chi connectivity index (χ1n) is 11.5. The summed E-state index contributed by atoms with van der Waals surface area (Å²) in [6, 6.07) is 7.60. The van der Waals surface area contributed by atoms with Crippen molar-refractivity contribution in [3.05, 3.63) is 41.7 Å². The largest absolute Gasteiger partial charge is 0.369 e. The highest BCUT2D eigenvalue weighted by atomic mass is 127. The van der Waals surface area contributed by atoms with Crippen LogP contribution in [0.15, 0.2) is 29.3 Å². The maximum Gasteiger partial charge on any atom is 0.192 e. The molecule has 0 amide bonds. The quantitative estimate of drug-likeness (QED) is 0.333. The highest BCUT2D eigenvalue weighted by Gasteiger charge is 2.23. The number of aromatic nitrogens is 3. The monoisotopic (exact) mass is 555 g/mol. The van der Waals surface area contributed by atoms with Gasteiger partial charge in [-0.3, -0.25) is 0 Å². The molecule has 32 heavy (non-hydrogen) atoms. The highest BCUT2D eigenvalue weighted by molar-refractivity contribution is 14.0. The van der Waals surface area contributed by atoms with Gasteiger partial charge in [0.2, 0.25) is 0 Å². The van der Waals surface area contributed by atoms with Crippen LogP contribution in [-0.4, -0.2) is 45.9 Å². The van der Waals surface area contributed by atoms with Crippen LogP contribution in [0.3, 0.4) is 0 Å². The predicted molar refractivity (Wildman–Crippen MR) is 137 cm³/mol. The van der Waals surface area contributed by atoms with E-state index in [1.807, 2.05) is 24.6 Å². The maximum absolute atomic E-state index is 13.7. The van der Waals surface area contributed by atoms with Crippen LogP contribution < -0.4 is 15.5 Å². The van der Waals surface area contributed by atoms with Crippen molar-refractivity contribution >= 4 is 35.6 Å². The molecule has 7 nitrogen and oxygen atoms in total. The third kappa shape index (κ3) is 6.55. The van der Waals surface area contributed by atoms with Crippen molar-refractivity contribution in [3.63, 3.8) is 0 Å². The van der Waals surface area contributed by atoms with Gasteiger partial charge in [-0.2, -0.15) is 0 Å². The number of aryl methyl sites for hydroxylation is 1. The predicted octanol–water partition coefficient (Wildman–Crippen LogP) is 3.92. The summed E-state index contributed by atoms with van der Waals surface area (Å²) in [4.78, 5) is 7.12. The molecule has 2 fully saturated rings. The second-order valence-electron chi connectivity index (χ2n) is 8.78. The first-order valence-corrected chi connectivity index (χ1v) is 11.5. The zero-order chi connectivity index (χ0) is 21.6. The van der Waals surface area contributed by atoms with Crippen LogP contribution in [0, 0.1) is 12.7 Å². The molecule has 2 heterocycles. The Morgan fingerprint density at radius 1 is 1.09 bits per heavy atom. The number of rotatable bonds is 5. The molecule has 1 aromatic heterocycles. The van der Waals surface area contributed by atoms with Crippen molar-refractivity contribution in [1.29, 1.82) is 0 Å². The zero-order valence-corrected chi connectivity index (χ0v) is 21.4. The average Bonchev–Trinajstić information content (AvgIpc) is 3.10. The van der Waals surface area contributed by atoms with Gasteiger partial charge in [-0.15, -0.1) is 34.2 Å². The van der Waals surface area contributed by atoms with Crippen LogP contribution in [0.1, 0.15) is 56.6 Å². The second kappa shape index (κ2) is 11.8. The minimum absolute atomic E-state index is 0. The summed E-state index contributed by atoms with van der Waals surface area (Å²) in [5.41, 5.74) is 0.944. The van der Waals surface area contributed by atoms with Crippen molar-refractivity contribution < 1.29 is 4.39 Å². The summed E-state index contributed by atoms with van der Waals surface area (Å²) in [5, 5.41) is 15.7. The Bertz CT molecular complexity index is 894. The molecule has 0 radical (unpaired) electrons. The molecule has 2 aromatic rings. The molecule has 9 heteroatoms. The van der Waals surface area contributed by atoms with Gasteiger partial charge in [0.1, 0.15) is 18.2 Å². The number of guanidine groups is 1. The fourth-order valence-corrected chi connectivity index (χ4v) is 4.51. The fraction of sp³-hybridized carbons (Fsp3) is 0.609. The molecule has 1 saturated heterocycles. The van der Waals surface area contributed by atoms with E-state index in [0.717, 1.165) is 49.2 Å². The lowest BCUT2D eigenvalue weighted by atomic mass is 9.96. The van der Waals surface area contributed by atoms with Crippen molar-refractivity contribution in [1.82, 2.24) is 25.4 Å². The van der Waals surface area contributed by atoms with Crippen molar-refractivity contribution in [2.75, 3.05) is 18.0 Å². The van der Waals surface area contributed by atoms with Gasteiger partial charge in [0, 0.05) is 37.9 Å². The number of halogens is 2. The van der Waals surface area contributed by atoms with E-state index >= 15 is 0 Å². The Labute approximate surface area is 207 Å². The Morgan fingerprint density at radius 3 is 2.56 bits per heavy atom. The molecule has 1 atom stereocenters. The lowest BCUT2D eigenvalue weighted by Crippen LogP contribution is -2.53. The van der Waals surface area contributed by atoms with Gasteiger partial charge in [-0.1, -0.05) is 25.3 Å². The van der Waals surface area contributed by atoms with Crippen LogP contribution in [0.4, 0.5) is 10.1 Å². The average molecular weight is 555 g/mol. The van der Waals surface area contributed by atoms with E-state index in [2.05, 4.69) is 25.7 Å². The summed E-state index contributed by atoms with van der Waals surface area (Å²) >= 11 is 0. The van der Waals surface area contributed by atoms with Gasteiger partial charge < -0.3 is 20.1 Å². The van der Waals surface area contributed by atoms with Gasteiger partial charge in [0.25, 0.3) is 0 Å². The van der Waals surface area contributed by atoms with Crippen molar-refractivity contribution in [2.45, 2.75) is 70.5 Å². The van der Waals surface area contributed by atoms with Gasteiger partial charge in [0.15, 0.2) is 11.8 Å². The molecule has 1 aromatic carbocycles. The number of hydrogen-bond acceptors (Lipinski definition) is 4. The molecule has 4 rings (SSSR count). The fourth-order valence-electron chi connectivity index (χ4n) is 4.51. The van der Waals surface area contributed by atoms with E-state index in [4.69, 9.17) is 4.99 Å². The summed E-state index contributed by atoms with van der Waals surface area (Å²) < 4.78 is 15.7. The second-order valence-corrected chi connectivity index (χ2v) is 8.78. The number of anilines is 1. The Hall–Kier alpha value is -1.91. The molecular weight excluding hydrogens is 520 g/mol. The third-order valence-corrected chi connectivity index (χ3v) is 6.44. The first-order chi connectivity index (χ1) is 15.1. The van der Waals surface area contributed by atoms with Gasteiger partial charge >= 0.3 is 0 Å². The van der Waals surface area contributed by atoms with Crippen LogP contribution in [0.5, 0.6) is 0 Å². The van der Waals surface area contributed by atoms with Crippen LogP contribution in [0.25, 0.3) is 0 Å². The number of nitrogens with one attached hydrogen (secondary N) is 2. The Kier molecular flexibility index (Phi) is 9.12. The van der Waals surface area contributed by atoms with Gasteiger partial charge in [0.05, 0.1) is 0 Å². The number of nitrogens with zero attached hydrogens (tertiary/aromatic N) is 5. The maximum atomic E-state index is 13.7. The summed E-state index contributed by atoms with van der Waals surface area (Å²) in [5.74, 6) is 2.40. The number of piperidine rings is 1. The van der Waals surface area contributed by atoms with Crippen molar-refractivity contribution in [3.8, 4) is 0 Å². The van der Waals surface area contributed by atoms with Gasteiger partial charge in [-0.25, -0.2) is 9.38 Å². The lowest BCUT2D eigenvalue weighted by Gasteiger charge is -2.36. The number of aliphatic imine (C=N–C) groups is 1. The minimum Gasteiger partial charge on any atom is -0.369 e. The van der Waals surface area contributed by atoms with E-state index in [9.17, 15) is 4.39 Å². The molecule has 176 valence electrons. The molecule has 1 aliphatic heterocycles. The van der Waals surface area contributed by atoms with Crippen LogP contribution in [-0.2, 0) is 13.6 Å². The summed E-state index contributed by atoms with van der Waals surface area (Å²) in [6.45, 7) is 4.21. The standard InChI is InChI=1S/C23H34FN7.HI/c1-17-28-29-22(30(17)2)15-25-23(26-19-9-4-3-5-10-19)27-20-11-7-13-31(16-20)21-12-6-8-18(24)14-21;/h6,8,12,14,19-20H,3-5,7,9-11,13,15-16H2,1-2H3,(H2,25,26,27);1H. The smallest absolute Gasteiger partial charge is 0.192 e. The summed E-state index contributed by atoms with van der Waals surface area (Å²) in [6.07, 6.45) is 8.36. The van der Waals surface area contributed by atoms with Gasteiger partial charge in [-0.05, 0) is 50.8 Å². The molecule has 1 unspecified atom stereocenters. The molecule has 1 aliphatic carbocycles. The Morgan fingerprint density at radius 2 is 1.84 bits per heavy atom. The third-order valence-electron chi connectivity index (χ3n) is 6.44. The van der Waals surface area contributed by atoms with E-state index in [0.29, 0.717) is 12.6 Å². The highest BCUT2D eigenvalue weighted by Crippen LogP contribution is 2.21. The van der Waals surface area contributed by atoms with Crippen LogP contribution >= 0.6 is 24.0 Å². The number of hydrogen-bond donors (Lipinski definition) is 2. The van der Waals surface area contributed by atoms with E-state index < -0.39 is 0 Å². The first kappa shape index (κ1) is 24.7. The SMILES string of the molecule is Cc1nnc(CN=C(NC2CCCCC2)NC2CCCN(c3cccc(F)c3)C2)n1C.I. The molecule has 0 bridgehead atoms. The Balaban J connectivity index is 0.00000289. The molecule has 0 spiro atoms. The molecule has 1 saturated carbocycles. The van der Waals surface area contributed by atoms with E-state index in [1.54, 1.807) is 12.1 Å². The minimum atomic E-state index is -0.187. The van der Waals surface area contributed by atoms with E-state index in [1.165, 1.54) is 38.2 Å². The molecule has 2 aliphatic rings.